The first kappa shape index (κ1) is 10.2. The molecular formula is C12H13NOS. The Bertz CT molecular complexity index is 425. The summed E-state index contributed by atoms with van der Waals surface area (Å²) in [7, 11) is 1.86. The van der Waals surface area contributed by atoms with Gasteiger partial charge in [-0.15, -0.1) is 11.3 Å². The molecule has 1 aromatic heterocycles. The highest BCUT2D eigenvalue weighted by Gasteiger charge is 2.13. The van der Waals surface area contributed by atoms with Crippen molar-refractivity contribution in [1.82, 2.24) is 0 Å². The van der Waals surface area contributed by atoms with Gasteiger partial charge in [-0.2, -0.15) is 0 Å². The summed E-state index contributed by atoms with van der Waals surface area (Å²) in [4.78, 5) is 0.970. The monoisotopic (exact) mass is 219 g/mol. The van der Waals surface area contributed by atoms with Crippen molar-refractivity contribution in [3.8, 4) is 0 Å². The number of benzene rings is 1. The van der Waals surface area contributed by atoms with E-state index in [4.69, 9.17) is 0 Å². The largest absolute Gasteiger partial charge is 0.388 e. The number of aliphatic hydroxyl groups is 1. The van der Waals surface area contributed by atoms with E-state index in [0.717, 1.165) is 16.1 Å². The number of aliphatic hydroxyl groups excluding tert-OH is 1. The van der Waals surface area contributed by atoms with Crippen LogP contribution in [0, 0.1) is 0 Å². The SMILES string of the molecule is CNc1ccccc1C(O)c1cccs1. The average Bonchev–Trinajstić information content (AvgIpc) is 2.81. The Kier molecular flexibility index (Phi) is 3.04. The van der Waals surface area contributed by atoms with Crippen molar-refractivity contribution in [1.29, 1.82) is 0 Å². The second-order valence-electron chi connectivity index (χ2n) is 3.26. The number of nitrogens with one attached hydrogen (secondary N) is 1. The van der Waals surface area contributed by atoms with Crippen LogP contribution in [0.4, 0.5) is 5.69 Å². The van der Waals surface area contributed by atoms with E-state index in [1.165, 1.54) is 0 Å². The van der Waals surface area contributed by atoms with Crippen LogP contribution in [0.5, 0.6) is 0 Å². The van der Waals surface area contributed by atoms with E-state index in [2.05, 4.69) is 5.32 Å². The maximum absolute atomic E-state index is 10.2. The lowest BCUT2D eigenvalue weighted by molar-refractivity contribution is 0.225. The fourth-order valence-electron chi connectivity index (χ4n) is 1.56. The molecule has 0 fully saturated rings. The van der Waals surface area contributed by atoms with Gasteiger partial charge >= 0.3 is 0 Å². The molecule has 78 valence electrons. The van der Waals surface area contributed by atoms with Crippen molar-refractivity contribution < 1.29 is 5.11 Å². The predicted molar refractivity (Wildman–Crippen MR) is 64.4 cm³/mol. The predicted octanol–water partition coefficient (Wildman–Crippen LogP) is 2.87. The molecule has 0 spiro atoms. The van der Waals surface area contributed by atoms with Crippen molar-refractivity contribution in [3.05, 3.63) is 52.2 Å². The van der Waals surface area contributed by atoms with E-state index in [0.29, 0.717) is 0 Å². The van der Waals surface area contributed by atoms with Crippen LogP contribution in [-0.2, 0) is 0 Å². The van der Waals surface area contributed by atoms with E-state index in [9.17, 15) is 5.11 Å². The fraction of sp³-hybridized carbons (Fsp3) is 0.167. The zero-order chi connectivity index (χ0) is 10.7. The molecule has 0 radical (unpaired) electrons. The summed E-state index contributed by atoms with van der Waals surface area (Å²) in [5.41, 5.74) is 1.89. The second kappa shape index (κ2) is 4.47. The molecule has 0 aliphatic carbocycles. The Morgan fingerprint density at radius 3 is 2.67 bits per heavy atom. The third kappa shape index (κ3) is 2.03. The van der Waals surface area contributed by atoms with Gasteiger partial charge in [-0.05, 0) is 17.5 Å². The van der Waals surface area contributed by atoms with Crippen molar-refractivity contribution in [2.75, 3.05) is 12.4 Å². The summed E-state index contributed by atoms with van der Waals surface area (Å²) in [6.07, 6.45) is -0.534. The summed E-state index contributed by atoms with van der Waals surface area (Å²) in [6, 6.07) is 11.7. The van der Waals surface area contributed by atoms with Crippen LogP contribution in [0.25, 0.3) is 0 Å². The van der Waals surface area contributed by atoms with Gasteiger partial charge in [-0.1, -0.05) is 24.3 Å². The summed E-state index contributed by atoms with van der Waals surface area (Å²) in [6.45, 7) is 0. The van der Waals surface area contributed by atoms with Crippen LogP contribution in [0.15, 0.2) is 41.8 Å². The molecule has 0 saturated carbocycles. The number of thiophene rings is 1. The van der Waals surface area contributed by atoms with Gasteiger partial charge in [0.1, 0.15) is 6.10 Å². The first-order valence-electron chi connectivity index (χ1n) is 4.81. The lowest BCUT2D eigenvalue weighted by Crippen LogP contribution is -2.01. The molecule has 1 unspecified atom stereocenters. The zero-order valence-electron chi connectivity index (χ0n) is 8.47. The van der Waals surface area contributed by atoms with Gasteiger partial charge in [0.05, 0.1) is 0 Å². The molecule has 1 aromatic carbocycles. The second-order valence-corrected chi connectivity index (χ2v) is 4.23. The molecule has 15 heavy (non-hydrogen) atoms. The zero-order valence-corrected chi connectivity index (χ0v) is 9.29. The fourth-order valence-corrected chi connectivity index (χ4v) is 2.29. The lowest BCUT2D eigenvalue weighted by atomic mass is 10.1. The van der Waals surface area contributed by atoms with E-state index in [-0.39, 0.29) is 0 Å². The van der Waals surface area contributed by atoms with E-state index >= 15 is 0 Å². The third-order valence-electron chi connectivity index (χ3n) is 2.34. The molecule has 1 atom stereocenters. The molecule has 2 N–H and O–H groups in total. The van der Waals surface area contributed by atoms with Crippen LogP contribution in [0.2, 0.25) is 0 Å². The summed E-state index contributed by atoms with van der Waals surface area (Å²) in [5.74, 6) is 0. The van der Waals surface area contributed by atoms with Gasteiger partial charge in [0.2, 0.25) is 0 Å². The van der Waals surface area contributed by atoms with E-state index in [1.807, 2.05) is 48.8 Å². The van der Waals surface area contributed by atoms with Gasteiger partial charge in [0.25, 0.3) is 0 Å². The molecule has 2 rings (SSSR count). The maximum Gasteiger partial charge on any atom is 0.115 e. The first-order valence-corrected chi connectivity index (χ1v) is 5.69. The normalized spacial score (nSPS) is 12.4. The number of hydrogen-bond donors (Lipinski definition) is 2. The summed E-state index contributed by atoms with van der Waals surface area (Å²) >= 11 is 1.57. The molecule has 2 aromatic rings. The highest BCUT2D eigenvalue weighted by atomic mass is 32.1. The topological polar surface area (TPSA) is 32.3 Å². The Labute approximate surface area is 93.2 Å². The molecule has 3 heteroatoms. The van der Waals surface area contributed by atoms with Crippen LogP contribution in [0.3, 0.4) is 0 Å². The van der Waals surface area contributed by atoms with Gasteiger partial charge in [0, 0.05) is 23.2 Å². The molecule has 0 bridgehead atoms. The summed E-state index contributed by atoms with van der Waals surface area (Å²) in [5, 5.41) is 15.2. The van der Waals surface area contributed by atoms with Crippen LogP contribution >= 0.6 is 11.3 Å². The molecule has 0 amide bonds. The van der Waals surface area contributed by atoms with Gasteiger partial charge < -0.3 is 10.4 Å². The van der Waals surface area contributed by atoms with Crippen LogP contribution in [0.1, 0.15) is 16.5 Å². The quantitative estimate of drug-likeness (QED) is 0.832. The molecule has 0 saturated heterocycles. The maximum atomic E-state index is 10.2. The number of rotatable bonds is 3. The Hall–Kier alpha value is -1.32. The Balaban J connectivity index is 2.37. The van der Waals surface area contributed by atoms with E-state index in [1.54, 1.807) is 11.3 Å². The van der Waals surface area contributed by atoms with Crippen molar-refractivity contribution >= 4 is 17.0 Å². The number of hydrogen-bond acceptors (Lipinski definition) is 3. The summed E-state index contributed by atoms with van der Waals surface area (Å²) < 4.78 is 0. The van der Waals surface area contributed by atoms with Crippen molar-refractivity contribution in [2.45, 2.75) is 6.10 Å². The van der Waals surface area contributed by atoms with Crippen LogP contribution < -0.4 is 5.32 Å². The minimum absolute atomic E-state index is 0.534. The molecule has 2 nitrogen and oxygen atoms in total. The van der Waals surface area contributed by atoms with Crippen LogP contribution in [-0.4, -0.2) is 12.2 Å². The Morgan fingerprint density at radius 1 is 1.20 bits per heavy atom. The van der Waals surface area contributed by atoms with Gasteiger partial charge in [0.15, 0.2) is 0 Å². The molecule has 0 aliphatic rings. The molecular weight excluding hydrogens is 206 g/mol. The highest BCUT2D eigenvalue weighted by molar-refractivity contribution is 7.10. The van der Waals surface area contributed by atoms with Gasteiger partial charge in [-0.3, -0.25) is 0 Å². The minimum atomic E-state index is -0.534. The Morgan fingerprint density at radius 2 is 2.00 bits per heavy atom. The smallest absolute Gasteiger partial charge is 0.115 e. The number of para-hydroxylation sites is 1. The lowest BCUT2D eigenvalue weighted by Gasteiger charge is -2.13. The van der Waals surface area contributed by atoms with Crippen molar-refractivity contribution in [2.24, 2.45) is 0 Å². The standard InChI is InChI=1S/C12H13NOS/c1-13-10-6-3-2-5-9(10)12(14)11-7-4-8-15-11/h2-8,12-14H,1H3. The molecule has 1 heterocycles. The first-order chi connectivity index (χ1) is 7.33. The van der Waals surface area contributed by atoms with Crippen molar-refractivity contribution in [3.63, 3.8) is 0 Å². The third-order valence-corrected chi connectivity index (χ3v) is 3.26. The molecule has 0 aliphatic heterocycles. The number of anilines is 1. The van der Waals surface area contributed by atoms with E-state index < -0.39 is 6.10 Å². The highest BCUT2D eigenvalue weighted by Crippen LogP contribution is 2.30. The van der Waals surface area contributed by atoms with Gasteiger partial charge in [-0.25, -0.2) is 0 Å². The minimum Gasteiger partial charge on any atom is -0.388 e. The average molecular weight is 219 g/mol.